The topological polar surface area (TPSA) is 134 Å². The molecule has 0 bridgehead atoms. The number of nitrogens with two attached hydrogens (primary N) is 1. The predicted octanol–water partition coefficient (Wildman–Crippen LogP) is 26.5. The van der Waals surface area contributed by atoms with Gasteiger partial charge in [0.25, 0.3) is 0 Å². The van der Waals surface area contributed by atoms with Gasteiger partial charge in [0.15, 0.2) is 6.10 Å². The zero-order valence-corrected chi connectivity index (χ0v) is 61.2. The van der Waals surface area contributed by atoms with Gasteiger partial charge in [-0.3, -0.25) is 18.6 Å². The second-order valence-corrected chi connectivity index (χ2v) is 28.4. The Morgan fingerprint density at radius 1 is 0.341 bits per heavy atom. The third kappa shape index (κ3) is 76.6. The van der Waals surface area contributed by atoms with Crippen molar-refractivity contribution >= 4 is 19.8 Å². The fourth-order valence-corrected chi connectivity index (χ4v) is 12.8. The van der Waals surface area contributed by atoms with Gasteiger partial charge in [-0.15, -0.1) is 0 Å². The van der Waals surface area contributed by atoms with Gasteiger partial charge in [0.2, 0.25) is 0 Å². The highest BCUT2D eigenvalue weighted by Crippen LogP contribution is 2.43. The summed E-state index contributed by atoms with van der Waals surface area (Å²) in [5.74, 6) is -0.801. The van der Waals surface area contributed by atoms with Crippen LogP contribution < -0.4 is 5.73 Å². The lowest BCUT2D eigenvalue weighted by Gasteiger charge is -2.19. The van der Waals surface area contributed by atoms with Gasteiger partial charge in [0, 0.05) is 19.4 Å². The second kappa shape index (κ2) is 76.7. The number of carbonyl (C=O) groups excluding carboxylic acids is 2. The van der Waals surface area contributed by atoms with E-state index in [-0.39, 0.29) is 38.6 Å². The van der Waals surface area contributed by atoms with Crippen LogP contribution in [0.5, 0.6) is 0 Å². The van der Waals surface area contributed by atoms with Crippen LogP contribution in [0.15, 0.2) is 60.8 Å². The summed E-state index contributed by atoms with van der Waals surface area (Å²) in [5, 5.41) is 0. The van der Waals surface area contributed by atoms with E-state index in [0.29, 0.717) is 6.42 Å². The second-order valence-electron chi connectivity index (χ2n) is 26.9. The van der Waals surface area contributed by atoms with Gasteiger partial charge in [-0.25, -0.2) is 4.57 Å². The molecule has 0 aromatic rings. The standard InChI is InChI=1S/C81H152NO8P/c1-3-5-7-9-11-13-15-17-19-21-23-25-27-29-31-33-34-35-36-37-38-39-40-41-42-43-44-46-48-50-52-54-56-58-60-62-64-66-68-70-72-74-81(84)90-79(78-89-91(85,86)88-76-75-82)77-87-80(83)73-71-69-67-65-63-61-59-57-55-53-51-49-47-45-32-30-28-26-24-22-20-18-16-14-12-10-8-6-4-2/h5,7,11,13,17,19,23,25,29,31,79H,3-4,6,8-10,12,14-16,18,20-22,24,26-28,30,32-78,82H2,1-2H3,(H,85,86)/b7-5-,13-11-,19-17-,25-23-,31-29-. The van der Waals surface area contributed by atoms with Crippen molar-refractivity contribution in [2.75, 3.05) is 26.4 Å². The molecule has 0 rings (SSSR count). The number of allylic oxidation sites excluding steroid dienone is 10. The third-order valence-corrected chi connectivity index (χ3v) is 18.9. The Morgan fingerprint density at radius 3 is 0.901 bits per heavy atom. The van der Waals surface area contributed by atoms with Gasteiger partial charge < -0.3 is 20.1 Å². The average molecular weight is 1300 g/mol. The molecule has 0 aliphatic carbocycles. The summed E-state index contributed by atoms with van der Waals surface area (Å²) in [4.78, 5) is 35.4. The van der Waals surface area contributed by atoms with Crippen molar-refractivity contribution in [3.8, 4) is 0 Å². The van der Waals surface area contributed by atoms with Crippen LogP contribution in [0.2, 0.25) is 0 Å². The molecule has 2 atom stereocenters. The summed E-state index contributed by atoms with van der Waals surface area (Å²) in [6, 6.07) is 0. The highest BCUT2D eigenvalue weighted by molar-refractivity contribution is 7.47. The molecule has 0 radical (unpaired) electrons. The van der Waals surface area contributed by atoms with Crippen LogP contribution in [-0.2, 0) is 32.7 Å². The Labute approximate surface area is 565 Å². The summed E-state index contributed by atoms with van der Waals surface area (Å²) in [6.45, 7) is 3.71. The van der Waals surface area contributed by atoms with Crippen LogP contribution >= 0.6 is 7.82 Å². The first-order chi connectivity index (χ1) is 44.8. The minimum absolute atomic E-state index is 0.0563. The van der Waals surface area contributed by atoms with E-state index in [4.69, 9.17) is 24.3 Å². The van der Waals surface area contributed by atoms with Crippen molar-refractivity contribution in [1.82, 2.24) is 0 Å². The molecule has 9 nitrogen and oxygen atoms in total. The molecule has 10 heteroatoms. The number of hydrogen-bond donors (Lipinski definition) is 2. The minimum atomic E-state index is -4.39. The van der Waals surface area contributed by atoms with Crippen LogP contribution in [-0.4, -0.2) is 49.3 Å². The number of carbonyl (C=O) groups is 2. The maximum Gasteiger partial charge on any atom is 0.472 e. The molecule has 0 amide bonds. The highest BCUT2D eigenvalue weighted by atomic mass is 31.2. The fraction of sp³-hybridized carbons (Fsp3) is 0.852. The Bertz CT molecular complexity index is 1680. The molecule has 0 aromatic carbocycles. The van der Waals surface area contributed by atoms with Gasteiger partial charge in [0.05, 0.1) is 13.2 Å². The quantitative estimate of drug-likeness (QED) is 0.0264. The SMILES string of the molecule is CC/C=C\C/C=C\C/C=C\C/C=C\C/C=C\CCCCCCCCCCCCCCCCCCCCCCCCCCCC(=O)OC(COC(=O)CCCCCCCCCCCCCCCCCCCCCCCCCCCCCCC)COP(=O)(O)OCCN. The normalized spacial score (nSPS) is 13.1. The van der Waals surface area contributed by atoms with Crippen LogP contribution in [0.1, 0.15) is 412 Å². The van der Waals surface area contributed by atoms with Crippen LogP contribution in [0.3, 0.4) is 0 Å². The lowest BCUT2D eigenvalue weighted by atomic mass is 10.0. The van der Waals surface area contributed by atoms with E-state index in [9.17, 15) is 19.0 Å². The number of hydrogen-bond acceptors (Lipinski definition) is 8. The molecule has 534 valence electrons. The molecule has 0 aromatic heterocycles. The van der Waals surface area contributed by atoms with Crippen molar-refractivity contribution in [2.45, 2.75) is 418 Å². The van der Waals surface area contributed by atoms with Crippen molar-refractivity contribution in [3.63, 3.8) is 0 Å². The number of rotatable bonds is 76. The number of esters is 2. The molecule has 0 saturated heterocycles. The summed E-state index contributed by atoms with van der Waals surface area (Å²) in [6.07, 6.45) is 101. The zero-order valence-electron chi connectivity index (χ0n) is 60.3. The predicted molar refractivity (Wildman–Crippen MR) is 395 cm³/mol. The molecule has 91 heavy (non-hydrogen) atoms. The largest absolute Gasteiger partial charge is 0.472 e. The van der Waals surface area contributed by atoms with E-state index < -0.39 is 26.5 Å². The highest BCUT2D eigenvalue weighted by Gasteiger charge is 2.26. The first-order valence-corrected chi connectivity index (χ1v) is 41.3. The van der Waals surface area contributed by atoms with E-state index in [0.717, 1.165) is 64.2 Å². The Kier molecular flexibility index (Phi) is 74.8. The van der Waals surface area contributed by atoms with Crippen LogP contribution in [0.25, 0.3) is 0 Å². The molecule has 0 fully saturated rings. The van der Waals surface area contributed by atoms with Gasteiger partial charge in [-0.1, -0.05) is 402 Å². The fourth-order valence-electron chi connectivity index (χ4n) is 12.1. The minimum Gasteiger partial charge on any atom is -0.462 e. The number of unbranched alkanes of at least 4 members (excludes halogenated alkanes) is 53. The molecule has 0 saturated carbocycles. The van der Waals surface area contributed by atoms with Gasteiger partial charge in [-0.2, -0.15) is 0 Å². The number of phosphoric acid groups is 1. The smallest absolute Gasteiger partial charge is 0.462 e. The van der Waals surface area contributed by atoms with E-state index in [2.05, 4.69) is 74.6 Å². The molecule has 0 aliphatic heterocycles. The van der Waals surface area contributed by atoms with Crippen molar-refractivity contribution < 1.29 is 37.6 Å². The molecular formula is C81H152NO8P. The van der Waals surface area contributed by atoms with Gasteiger partial charge >= 0.3 is 19.8 Å². The van der Waals surface area contributed by atoms with Gasteiger partial charge in [0.1, 0.15) is 6.61 Å². The average Bonchev–Trinajstić information content (AvgIpc) is 3.74. The van der Waals surface area contributed by atoms with Crippen molar-refractivity contribution in [1.29, 1.82) is 0 Å². The van der Waals surface area contributed by atoms with Crippen molar-refractivity contribution in [2.24, 2.45) is 5.73 Å². The Balaban J connectivity index is 3.74. The van der Waals surface area contributed by atoms with E-state index in [1.807, 2.05) is 0 Å². The lowest BCUT2D eigenvalue weighted by Crippen LogP contribution is -2.29. The summed E-state index contributed by atoms with van der Waals surface area (Å²) < 4.78 is 33.3. The molecule has 0 aliphatic rings. The Morgan fingerprint density at radius 2 is 0.604 bits per heavy atom. The molecule has 0 heterocycles. The molecule has 3 N–H and O–H groups in total. The van der Waals surface area contributed by atoms with Crippen LogP contribution in [0.4, 0.5) is 0 Å². The zero-order chi connectivity index (χ0) is 65.8. The summed E-state index contributed by atoms with van der Waals surface area (Å²) >= 11 is 0. The number of ether oxygens (including phenoxy) is 2. The van der Waals surface area contributed by atoms with E-state index in [1.165, 1.54) is 315 Å². The monoisotopic (exact) mass is 1300 g/mol. The van der Waals surface area contributed by atoms with Gasteiger partial charge in [-0.05, 0) is 57.8 Å². The third-order valence-electron chi connectivity index (χ3n) is 17.9. The number of phosphoric ester groups is 1. The summed E-state index contributed by atoms with van der Waals surface area (Å²) in [5.41, 5.74) is 5.42. The molecular weight excluding hydrogens is 1150 g/mol. The van der Waals surface area contributed by atoms with Crippen LogP contribution in [0, 0.1) is 0 Å². The Hall–Kier alpha value is -2.29. The summed E-state index contributed by atoms with van der Waals surface area (Å²) in [7, 11) is -4.39. The van der Waals surface area contributed by atoms with Crippen molar-refractivity contribution in [3.05, 3.63) is 60.8 Å². The molecule has 0 spiro atoms. The first-order valence-electron chi connectivity index (χ1n) is 39.8. The molecule has 2 unspecified atom stereocenters. The maximum absolute atomic E-state index is 12.8. The van der Waals surface area contributed by atoms with E-state index in [1.54, 1.807) is 0 Å². The first kappa shape index (κ1) is 88.7. The van der Waals surface area contributed by atoms with E-state index >= 15 is 0 Å². The lowest BCUT2D eigenvalue weighted by molar-refractivity contribution is -0.161. The maximum atomic E-state index is 12.8.